The smallest absolute Gasteiger partial charge is 0.338 e. The van der Waals surface area contributed by atoms with Gasteiger partial charge in [-0.3, -0.25) is 9.69 Å². The highest BCUT2D eigenvalue weighted by Gasteiger charge is 2.45. The third-order valence-electron chi connectivity index (χ3n) is 11.5. The monoisotopic (exact) mass is 789 g/mol. The average molecular weight is 790 g/mol. The summed E-state index contributed by atoms with van der Waals surface area (Å²) in [4.78, 5) is 21.7. The number of aromatic nitrogens is 2. The maximum Gasteiger partial charge on any atom is 0.402 e. The largest absolute Gasteiger partial charge is 0.402 e. The number of allylic oxidation sites excluding steroid dienone is 1. The van der Waals surface area contributed by atoms with E-state index in [1.54, 1.807) is 6.07 Å². The number of likely N-dealkylation sites (tertiary alicyclic amines) is 1. The minimum absolute atomic E-state index is 0.165. The van der Waals surface area contributed by atoms with Gasteiger partial charge < -0.3 is 9.47 Å². The highest BCUT2D eigenvalue weighted by molar-refractivity contribution is 7.89. The number of carbonyl (C=O) groups excluding carboxylic acids is 1. The molecule has 7 rings (SSSR count). The highest BCUT2D eigenvalue weighted by atomic mass is 35.5. The standard InChI is InChI=1S/C39H41ClF5N5O3S/c1-24(2)36-47-33-8-3-4-9-34(33)50(36)29-19-27-10-11-28(20-29)49(27)17-14-38(25-6-5-7-26(41)18-25)12-15-48(16-13-38)37(51)30-21-35(31(40)22-32(30)42)54(52,53)46-23-39(43,44)45/h3-9,18,21-22,27-29,46H,1,10-17,19-20,23H2,2H3/t27-,28+,29?. The molecule has 1 amide bonds. The molecular weight excluding hydrogens is 749 g/mol. The van der Waals surface area contributed by atoms with E-state index in [2.05, 4.69) is 22.1 Å². The quantitative estimate of drug-likeness (QED) is 0.164. The van der Waals surface area contributed by atoms with E-state index in [1.165, 1.54) is 21.8 Å². The zero-order valence-corrected chi connectivity index (χ0v) is 31.3. The fourth-order valence-corrected chi connectivity index (χ4v) is 10.4. The molecule has 3 fully saturated rings. The molecule has 0 radical (unpaired) electrons. The Balaban J connectivity index is 1.08. The number of carbonyl (C=O) groups is 1. The van der Waals surface area contributed by atoms with Crippen molar-refractivity contribution in [3.63, 3.8) is 0 Å². The first-order valence-corrected chi connectivity index (χ1v) is 19.9. The van der Waals surface area contributed by atoms with Crippen molar-refractivity contribution in [2.45, 2.75) is 86.5 Å². The molecule has 4 heterocycles. The molecule has 0 spiro atoms. The highest BCUT2D eigenvalue weighted by Crippen LogP contribution is 2.46. The van der Waals surface area contributed by atoms with E-state index in [1.807, 2.05) is 31.2 Å². The maximum absolute atomic E-state index is 15.1. The number of para-hydroxylation sites is 2. The summed E-state index contributed by atoms with van der Waals surface area (Å²) in [6.07, 6.45) is 0.785. The number of amides is 1. The van der Waals surface area contributed by atoms with Gasteiger partial charge in [-0.2, -0.15) is 13.2 Å². The first kappa shape index (κ1) is 38.4. The van der Waals surface area contributed by atoms with Crippen LogP contribution < -0.4 is 4.72 Å². The van der Waals surface area contributed by atoms with Crippen LogP contribution in [0.15, 0.2) is 72.1 Å². The molecule has 1 unspecified atom stereocenters. The van der Waals surface area contributed by atoms with Crippen LogP contribution in [0.5, 0.6) is 0 Å². The molecule has 8 nitrogen and oxygen atoms in total. The summed E-state index contributed by atoms with van der Waals surface area (Å²) in [6, 6.07) is 16.9. The fourth-order valence-electron chi connectivity index (χ4n) is 8.84. The molecule has 1 N–H and O–H groups in total. The van der Waals surface area contributed by atoms with Crippen molar-refractivity contribution in [2.75, 3.05) is 26.2 Å². The van der Waals surface area contributed by atoms with Gasteiger partial charge in [0.15, 0.2) is 0 Å². The molecule has 3 atom stereocenters. The first-order chi connectivity index (χ1) is 25.5. The second kappa shape index (κ2) is 14.7. The number of sulfonamides is 1. The number of hydrogen-bond acceptors (Lipinski definition) is 5. The molecule has 3 aromatic carbocycles. The zero-order valence-electron chi connectivity index (χ0n) is 29.7. The first-order valence-electron chi connectivity index (χ1n) is 18.0. The summed E-state index contributed by atoms with van der Waals surface area (Å²) in [7, 11) is -4.83. The molecule has 0 saturated carbocycles. The van der Waals surface area contributed by atoms with Gasteiger partial charge in [0.05, 0.1) is 21.6 Å². The van der Waals surface area contributed by atoms with Crippen LogP contribution in [-0.4, -0.2) is 78.1 Å². The summed E-state index contributed by atoms with van der Waals surface area (Å²) in [5.41, 5.74) is 2.67. The Morgan fingerprint density at radius 2 is 1.69 bits per heavy atom. The molecule has 15 heteroatoms. The number of halogens is 6. The number of alkyl halides is 3. The number of imidazole rings is 1. The lowest BCUT2D eigenvalue weighted by atomic mass is 9.70. The number of nitrogens with one attached hydrogen (secondary N) is 1. The number of fused-ring (bicyclic) bond motifs is 3. The SMILES string of the molecule is C=C(C)c1nc2ccccc2n1C1C[C@H]2CC[C@@H](C1)N2CCC1(c2cccc(F)c2)CCN(C(=O)c2cc(S(=O)(=O)NCC(F)(F)F)c(Cl)cc2F)CC1. The summed E-state index contributed by atoms with van der Waals surface area (Å²) in [5, 5.41) is -0.657. The van der Waals surface area contributed by atoms with Gasteiger partial charge in [0, 0.05) is 31.2 Å². The van der Waals surface area contributed by atoms with Gasteiger partial charge in [-0.15, -0.1) is 0 Å². The Labute approximate surface area is 316 Å². The molecule has 4 aromatic rings. The average Bonchev–Trinajstić information content (AvgIpc) is 3.63. The Hall–Kier alpha value is -3.85. The predicted octanol–water partition coefficient (Wildman–Crippen LogP) is 8.27. The number of piperidine rings is 2. The Morgan fingerprint density at radius 3 is 2.33 bits per heavy atom. The van der Waals surface area contributed by atoms with Crippen LogP contribution in [0.25, 0.3) is 16.6 Å². The third-order valence-corrected chi connectivity index (χ3v) is 13.4. The summed E-state index contributed by atoms with van der Waals surface area (Å²) in [5.74, 6) is -1.37. The zero-order chi connectivity index (χ0) is 38.6. The molecule has 0 aliphatic carbocycles. The lowest BCUT2D eigenvalue weighted by Gasteiger charge is -2.45. The summed E-state index contributed by atoms with van der Waals surface area (Å²) in [6.45, 7) is 5.43. The van der Waals surface area contributed by atoms with Crippen molar-refractivity contribution in [1.29, 1.82) is 0 Å². The Morgan fingerprint density at radius 1 is 1.00 bits per heavy atom. The van der Waals surface area contributed by atoms with E-state index in [9.17, 15) is 30.8 Å². The lowest BCUT2D eigenvalue weighted by molar-refractivity contribution is -0.121. The summed E-state index contributed by atoms with van der Waals surface area (Å²) >= 11 is 5.94. The topological polar surface area (TPSA) is 87.5 Å². The van der Waals surface area contributed by atoms with Crippen LogP contribution in [0.4, 0.5) is 22.0 Å². The van der Waals surface area contributed by atoms with Crippen LogP contribution in [0.1, 0.15) is 79.7 Å². The second-order valence-corrected chi connectivity index (χ2v) is 17.0. The minimum Gasteiger partial charge on any atom is -0.338 e. The molecule has 3 saturated heterocycles. The fraction of sp³-hybridized carbons (Fsp3) is 0.436. The van der Waals surface area contributed by atoms with Crippen molar-refractivity contribution in [3.8, 4) is 0 Å². The predicted molar refractivity (Wildman–Crippen MR) is 197 cm³/mol. The molecule has 2 bridgehead atoms. The Kier molecular flexibility index (Phi) is 10.4. The third kappa shape index (κ3) is 7.54. The van der Waals surface area contributed by atoms with E-state index in [-0.39, 0.29) is 24.9 Å². The molecule has 1 aromatic heterocycles. The van der Waals surface area contributed by atoms with Gasteiger partial charge in [-0.25, -0.2) is 26.9 Å². The minimum atomic E-state index is -4.85. The van der Waals surface area contributed by atoms with Gasteiger partial charge in [0.2, 0.25) is 10.0 Å². The van der Waals surface area contributed by atoms with Crippen LogP contribution >= 0.6 is 11.6 Å². The van der Waals surface area contributed by atoms with E-state index < -0.39 is 55.4 Å². The van der Waals surface area contributed by atoms with Gasteiger partial charge >= 0.3 is 6.18 Å². The van der Waals surface area contributed by atoms with Crippen LogP contribution in [0, 0.1) is 11.6 Å². The van der Waals surface area contributed by atoms with Crippen LogP contribution in [-0.2, 0) is 15.4 Å². The van der Waals surface area contributed by atoms with Gasteiger partial charge in [-0.1, -0.05) is 42.4 Å². The van der Waals surface area contributed by atoms with Crippen molar-refractivity contribution in [1.82, 2.24) is 24.1 Å². The van der Waals surface area contributed by atoms with E-state index in [4.69, 9.17) is 16.6 Å². The molecule has 54 heavy (non-hydrogen) atoms. The number of hydrogen-bond donors (Lipinski definition) is 1. The van der Waals surface area contributed by atoms with Crippen molar-refractivity contribution < 1.29 is 35.2 Å². The number of nitrogens with zero attached hydrogens (tertiary/aromatic N) is 4. The van der Waals surface area contributed by atoms with Gasteiger partial charge in [0.25, 0.3) is 5.91 Å². The van der Waals surface area contributed by atoms with E-state index in [0.29, 0.717) is 43.5 Å². The summed E-state index contributed by atoms with van der Waals surface area (Å²) < 4.78 is 97.3. The van der Waals surface area contributed by atoms with Crippen LogP contribution in [0.3, 0.4) is 0 Å². The maximum atomic E-state index is 15.1. The van der Waals surface area contributed by atoms with Crippen LogP contribution in [0.2, 0.25) is 5.02 Å². The van der Waals surface area contributed by atoms with Crippen molar-refractivity contribution >= 4 is 44.1 Å². The lowest BCUT2D eigenvalue weighted by Crippen LogP contribution is -2.49. The molecule has 288 valence electrons. The van der Waals surface area contributed by atoms with Crippen molar-refractivity contribution in [2.24, 2.45) is 0 Å². The van der Waals surface area contributed by atoms with E-state index >= 15 is 4.39 Å². The van der Waals surface area contributed by atoms with Gasteiger partial charge in [0.1, 0.15) is 28.9 Å². The Bertz CT molecular complexity index is 2190. The van der Waals surface area contributed by atoms with Crippen molar-refractivity contribution in [3.05, 3.63) is 101 Å². The second-order valence-electron chi connectivity index (χ2n) is 14.9. The normalized spacial score (nSPS) is 21.8. The van der Waals surface area contributed by atoms with E-state index in [0.717, 1.165) is 60.2 Å². The molecule has 3 aliphatic heterocycles. The molecule has 3 aliphatic rings. The number of rotatable bonds is 10. The molecular formula is C39H41ClF5N5O3S. The van der Waals surface area contributed by atoms with Gasteiger partial charge in [-0.05, 0) is 111 Å². The number of benzene rings is 3.